The van der Waals surface area contributed by atoms with Crippen molar-refractivity contribution in [2.24, 2.45) is 5.73 Å². The molecule has 4 rings (SSSR count). The number of nitrogens with one attached hydrogen (secondary N) is 1. The maximum atomic E-state index is 13.4. The molecule has 0 atom stereocenters. The molecule has 1 amide bonds. The third kappa shape index (κ3) is 4.47. The van der Waals surface area contributed by atoms with Crippen LogP contribution in [0.2, 0.25) is 0 Å². The number of nitrogens with two attached hydrogens (primary N) is 1. The van der Waals surface area contributed by atoms with Gasteiger partial charge in [0.2, 0.25) is 0 Å². The van der Waals surface area contributed by atoms with Crippen LogP contribution < -0.4 is 16.6 Å². The van der Waals surface area contributed by atoms with Gasteiger partial charge in [-0.1, -0.05) is 66.7 Å². The van der Waals surface area contributed by atoms with Crippen LogP contribution in [0.15, 0.2) is 102 Å². The highest BCUT2D eigenvalue weighted by Gasteiger charge is 2.20. The molecule has 5 heteroatoms. The molecule has 3 N–H and O–H groups in total. The highest BCUT2D eigenvalue weighted by molar-refractivity contribution is 6.04. The molecule has 1 radical (unpaired) electrons. The van der Waals surface area contributed by atoms with Crippen molar-refractivity contribution in [2.45, 2.75) is 12.6 Å². The molecule has 0 aliphatic rings. The summed E-state index contributed by atoms with van der Waals surface area (Å²) in [5.41, 5.74) is 8.62. The summed E-state index contributed by atoms with van der Waals surface area (Å²) in [6, 6.07) is 30.6. The predicted octanol–water partition coefficient (Wildman–Crippen LogP) is 4.00. The maximum Gasteiger partial charge on any atom is 0.264 e. The Morgan fingerprint density at radius 2 is 1.58 bits per heavy atom. The minimum absolute atomic E-state index is 0.0708. The summed E-state index contributed by atoms with van der Waals surface area (Å²) in [6.07, 6.45) is 1.72. The molecule has 3 aromatic carbocycles. The largest absolute Gasteiger partial charge is 0.326 e. The summed E-state index contributed by atoms with van der Waals surface area (Å²) in [7, 11) is 0. The lowest BCUT2D eigenvalue weighted by Gasteiger charge is -2.21. The summed E-state index contributed by atoms with van der Waals surface area (Å²) < 4.78 is 1.60. The lowest BCUT2D eigenvalue weighted by molar-refractivity contribution is 0.102. The number of anilines is 1. The van der Waals surface area contributed by atoms with Gasteiger partial charge in [0.15, 0.2) is 0 Å². The van der Waals surface area contributed by atoms with Crippen LogP contribution in [0.5, 0.6) is 0 Å². The van der Waals surface area contributed by atoms with E-state index in [4.69, 9.17) is 5.73 Å². The normalized spacial score (nSPS) is 10.8. The van der Waals surface area contributed by atoms with Crippen molar-refractivity contribution in [3.8, 4) is 0 Å². The number of nitrogens with zero attached hydrogens (tertiary/aromatic N) is 1. The first-order valence-corrected chi connectivity index (χ1v) is 10.0. The third-order valence-corrected chi connectivity index (χ3v) is 5.07. The van der Waals surface area contributed by atoms with E-state index in [-0.39, 0.29) is 17.2 Å². The van der Waals surface area contributed by atoms with Crippen molar-refractivity contribution in [3.05, 3.63) is 136 Å². The van der Waals surface area contributed by atoms with Gasteiger partial charge >= 0.3 is 0 Å². The fourth-order valence-corrected chi connectivity index (χ4v) is 3.58. The number of hydrogen-bond donors (Lipinski definition) is 2. The highest BCUT2D eigenvalue weighted by Crippen LogP contribution is 2.25. The number of carbonyl (C=O) groups excluding carboxylic acids is 1. The van der Waals surface area contributed by atoms with Gasteiger partial charge in [0.05, 0.1) is 6.04 Å². The number of benzene rings is 3. The molecule has 0 spiro atoms. The number of hydrogen-bond acceptors (Lipinski definition) is 3. The predicted molar refractivity (Wildman–Crippen MR) is 122 cm³/mol. The van der Waals surface area contributed by atoms with Gasteiger partial charge in [0, 0.05) is 18.4 Å². The molecular weight excluding hydrogens is 386 g/mol. The zero-order chi connectivity index (χ0) is 21.6. The van der Waals surface area contributed by atoms with E-state index in [0.29, 0.717) is 12.2 Å². The van der Waals surface area contributed by atoms with Crippen LogP contribution >= 0.6 is 0 Å². The molecule has 0 aliphatic carbocycles. The molecule has 0 unspecified atom stereocenters. The van der Waals surface area contributed by atoms with Gasteiger partial charge in [-0.3, -0.25) is 9.59 Å². The molecule has 0 saturated heterocycles. The number of aromatic nitrogens is 1. The van der Waals surface area contributed by atoms with Crippen molar-refractivity contribution < 1.29 is 4.79 Å². The standard InChI is InChI=1S/C26H22N3O2/c27-18-19-9-7-14-22(17-19)28-25(30)23-15-8-16-29(26(23)31)24(20-10-3-1-4-11-20)21-12-5-2-6-13-21/h1-8,10-17,24H,18,27H2,(H,28,30). The molecule has 0 saturated carbocycles. The SMILES string of the molecule is NCc1[c]ccc(NC(=O)c2cccn(C(c3ccccc3)c3ccccc3)c2=O)c1. The maximum absolute atomic E-state index is 13.4. The molecule has 0 fully saturated rings. The van der Waals surface area contributed by atoms with E-state index in [2.05, 4.69) is 11.4 Å². The fraction of sp³-hybridized carbons (Fsp3) is 0.0769. The van der Waals surface area contributed by atoms with E-state index >= 15 is 0 Å². The first-order valence-electron chi connectivity index (χ1n) is 10.0. The van der Waals surface area contributed by atoms with E-state index in [1.54, 1.807) is 41.1 Å². The molecule has 153 valence electrons. The molecule has 5 nitrogen and oxygen atoms in total. The zero-order valence-corrected chi connectivity index (χ0v) is 16.9. The quantitative estimate of drug-likeness (QED) is 0.506. The van der Waals surface area contributed by atoms with Gasteiger partial charge in [-0.05, 0) is 47.0 Å². The first kappa shape index (κ1) is 20.3. The van der Waals surface area contributed by atoms with E-state index in [1.807, 2.05) is 60.7 Å². The van der Waals surface area contributed by atoms with Gasteiger partial charge in [-0.2, -0.15) is 0 Å². The average molecular weight is 408 g/mol. The Labute approximate surface area is 180 Å². The topological polar surface area (TPSA) is 77.1 Å². The molecule has 1 heterocycles. The van der Waals surface area contributed by atoms with E-state index in [9.17, 15) is 9.59 Å². The number of rotatable bonds is 6. The van der Waals surface area contributed by atoms with Crippen LogP contribution in [0.1, 0.15) is 33.1 Å². The molecule has 31 heavy (non-hydrogen) atoms. The Bertz CT molecular complexity index is 1190. The zero-order valence-electron chi connectivity index (χ0n) is 16.9. The molecule has 1 aromatic heterocycles. The summed E-state index contributed by atoms with van der Waals surface area (Å²) in [5.74, 6) is -0.464. The monoisotopic (exact) mass is 408 g/mol. The van der Waals surface area contributed by atoms with Crippen molar-refractivity contribution >= 4 is 11.6 Å². The number of amides is 1. The second kappa shape index (κ2) is 9.24. The summed E-state index contributed by atoms with van der Waals surface area (Å²) in [4.78, 5) is 26.3. The Hall–Kier alpha value is -3.96. The van der Waals surface area contributed by atoms with E-state index < -0.39 is 5.91 Å². The summed E-state index contributed by atoms with van der Waals surface area (Å²) in [5, 5.41) is 2.79. The minimum Gasteiger partial charge on any atom is -0.326 e. The molecule has 0 bridgehead atoms. The number of pyridine rings is 1. The Kier molecular flexibility index (Phi) is 6.05. The third-order valence-electron chi connectivity index (χ3n) is 5.07. The van der Waals surface area contributed by atoms with Crippen molar-refractivity contribution in [1.82, 2.24) is 4.57 Å². The molecule has 0 aliphatic heterocycles. The fourth-order valence-electron chi connectivity index (χ4n) is 3.58. The average Bonchev–Trinajstić information content (AvgIpc) is 2.82. The van der Waals surface area contributed by atoms with Crippen LogP contribution in [0, 0.1) is 6.07 Å². The Balaban J connectivity index is 1.74. The van der Waals surface area contributed by atoms with E-state index in [1.165, 1.54) is 0 Å². The lowest BCUT2D eigenvalue weighted by atomic mass is 9.98. The van der Waals surface area contributed by atoms with Crippen LogP contribution in [0.4, 0.5) is 5.69 Å². The molecular formula is C26H22N3O2. The Morgan fingerprint density at radius 1 is 0.935 bits per heavy atom. The van der Waals surface area contributed by atoms with Gasteiger partial charge < -0.3 is 15.6 Å². The van der Waals surface area contributed by atoms with Crippen LogP contribution in [-0.4, -0.2) is 10.5 Å². The van der Waals surface area contributed by atoms with Gasteiger partial charge in [0.1, 0.15) is 5.56 Å². The smallest absolute Gasteiger partial charge is 0.264 e. The highest BCUT2D eigenvalue weighted by atomic mass is 16.2. The van der Waals surface area contributed by atoms with Crippen LogP contribution in [-0.2, 0) is 6.54 Å². The minimum atomic E-state index is -0.464. The van der Waals surface area contributed by atoms with Gasteiger partial charge in [0.25, 0.3) is 11.5 Å². The Morgan fingerprint density at radius 3 is 2.19 bits per heavy atom. The number of carbonyl (C=O) groups is 1. The van der Waals surface area contributed by atoms with Crippen LogP contribution in [0.25, 0.3) is 0 Å². The van der Waals surface area contributed by atoms with Crippen molar-refractivity contribution in [1.29, 1.82) is 0 Å². The second-order valence-corrected chi connectivity index (χ2v) is 7.12. The second-order valence-electron chi connectivity index (χ2n) is 7.12. The van der Waals surface area contributed by atoms with Crippen molar-refractivity contribution in [2.75, 3.05) is 5.32 Å². The van der Waals surface area contributed by atoms with E-state index in [0.717, 1.165) is 16.7 Å². The summed E-state index contributed by atoms with van der Waals surface area (Å²) >= 11 is 0. The lowest BCUT2D eigenvalue weighted by Crippen LogP contribution is -2.32. The summed E-state index contributed by atoms with van der Waals surface area (Å²) in [6.45, 7) is 0.317. The van der Waals surface area contributed by atoms with Crippen LogP contribution in [0.3, 0.4) is 0 Å². The van der Waals surface area contributed by atoms with Gasteiger partial charge in [-0.25, -0.2) is 0 Å². The molecule has 4 aromatic rings. The first-order chi connectivity index (χ1) is 15.2. The van der Waals surface area contributed by atoms with Gasteiger partial charge in [-0.15, -0.1) is 0 Å². The van der Waals surface area contributed by atoms with Crippen molar-refractivity contribution in [3.63, 3.8) is 0 Å².